The van der Waals surface area contributed by atoms with E-state index >= 15 is 0 Å². The van der Waals surface area contributed by atoms with E-state index in [0.717, 1.165) is 55.1 Å². The molecule has 1 saturated heterocycles. The molecule has 1 N–H and O–H groups in total. The van der Waals surface area contributed by atoms with Gasteiger partial charge in [0.05, 0.1) is 6.26 Å². The van der Waals surface area contributed by atoms with Crippen molar-refractivity contribution in [3.63, 3.8) is 0 Å². The Morgan fingerprint density at radius 1 is 1.00 bits per heavy atom. The number of piperazine rings is 1. The van der Waals surface area contributed by atoms with E-state index in [1.54, 1.807) is 0 Å². The average Bonchev–Trinajstić information content (AvgIpc) is 3.33. The fraction of sp³-hybridized carbons (Fsp3) is 0.273. The molecule has 4 aromatic rings. The van der Waals surface area contributed by atoms with Crippen molar-refractivity contribution in [2.45, 2.75) is 6.42 Å². The first-order chi connectivity index (χ1) is 13.3. The number of H-pyrrole nitrogens is 1. The standard InChI is InChI=1S/C22H22ClN3O/c23-17-4-5-22-19(14-17)16(15-27-22)7-9-25-10-12-26(13-11-25)21-3-1-2-20-18(21)6-8-24-20/h1-6,8,14-15,24H,7,9-13H2. The van der Waals surface area contributed by atoms with Gasteiger partial charge in [0, 0.05) is 65.9 Å². The van der Waals surface area contributed by atoms with Gasteiger partial charge >= 0.3 is 0 Å². The predicted molar refractivity (Wildman–Crippen MR) is 112 cm³/mol. The highest BCUT2D eigenvalue weighted by Gasteiger charge is 2.19. The normalized spacial score (nSPS) is 15.8. The third-order valence-corrected chi connectivity index (χ3v) is 5.83. The lowest BCUT2D eigenvalue weighted by Crippen LogP contribution is -2.47. The van der Waals surface area contributed by atoms with Crippen LogP contribution in [0.3, 0.4) is 0 Å². The summed E-state index contributed by atoms with van der Waals surface area (Å²) < 4.78 is 5.66. The second kappa shape index (κ2) is 6.95. The minimum atomic E-state index is 0.762. The van der Waals surface area contributed by atoms with Gasteiger partial charge in [-0.1, -0.05) is 17.7 Å². The van der Waals surface area contributed by atoms with Crippen molar-refractivity contribution >= 4 is 39.2 Å². The Bertz CT molecular complexity index is 1080. The molecule has 0 amide bonds. The third kappa shape index (κ3) is 3.20. The zero-order valence-corrected chi connectivity index (χ0v) is 15.9. The Morgan fingerprint density at radius 2 is 1.89 bits per heavy atom. The van der Waals surface area contributed by atoms with Gasteiger partial charge in [-0.05, 0) is 48.4 Å². The first kappa shape index (κ1) is 16.7. The van der Waals surface area contributed by atoms with E-state index in [0.29, 0.717) is 0 Å². The van der Waals surface area contributed by atoms with Crippen molar-refractivity contribution in [1.82, 2.24) is 9.88 Å². The van der Waals surface area contributed by atoms with Crippen LogP contribution >= 0.6 is 11.6 Å². The van der Waals surface area contributed by atoms with E-state index in [-0.39, 0.29) is 0 Å². The van der Waals surface area contributed by atoms with Crippen molar-refractivity contribution < 1.29 is 4.42 Å². The van der Waals surface area contributed by atoms with Gasteiger partial charge in [0.15, 0.2) is 0 Å². The average molecular weight is 380 g/mol. The molecule has 0 saturated carbocycles. The van der Waals surface area contributed by atoms with Crippen LogP contribution in [0.2, 0.25) is 5.02 Å². The number of anilines is 1. The quantitative estimate of drug-likeness (QED) is 0.546. The summed E-state index contributed by atoms with van der Waals surface area (Å²) in [4.78, 5) is 8.35. The molecule has 1 aliphatic heterocycles. The number of aromatic nitrogens is 1. The Balaban J connectivity index is 1.23. The molecule has 27 heavy (non-hydrogen) atoms. The molecule has 2 aromatic heterocycles. The van der Waals surface area contributed by atoms with E-state index in [1.165, 1.54) is 22.2 Å². The fourth-order valence-electron chi connectivity index (χ4n) is 4.08. The van der Waals surface area contributed by atoms with Crippen molar-refractivity contribution in [3.8, 4) is 0 Å². The van der Waals surface area contributed by atoms with Crippen LogP contribution in [0.5, 0.6) is 0 Å². The lowest BCUT2D eigenvalue weighted by atomic mass is 10.1. The predicted octanol–water partition coefficient (Wildman–Crippen LogP) is 4.93. The van der Waals surface area contributed by atoms with Crippen LogP contribution in [0.1, 0.15) is 5.56 Å². The molecule has 4 nitrogen and oxygen atoms in total. The molecule has 0 bridgehead atoms. The van der Waals surface area contributed by atoms with Crippen molar-refractivity contribution in [1.29, 1.82) is 0 Å². The smallest absolute Gasteiger partial charge is 0.134 e. The van der Waals surface area contributed by atoms with E-state index < -0.39 is 0 Å². The molecule has 0 aliphatic carbocycles. The summed E-state index contributed by atoms with van der Waals surface area (Å²) >= 11 is 6.14. The highest BCUT2D eigenvalue weighted by Crippen LogP contribution is 2.28. The molecule has 0 spiro atoms. The van der Waals surface area contributed by atoms with E-state index in [1.807, 2.05) is 30.7 Å². The SMILES string of the molecule is Clc1ccc2occ(CCN3CCN(c4cccc5[nH]ccc45)CC3)c2c1. The van der Waals surface area contributed by atoms with Gasteiger partial charge in [0.25, 0.3) is 0 Å². The molecule has 5 rings (SSSR count). The number of fused-ring (bicyclic) bond motifs is 2. The first-order valence-electron chi connectivity index (χ1n) is 9.47. The topological polar surface area (TPSA) is 35.4 Å². The summed E-state index contributed by atoms with van der Waals surface area (Å²) in [5, 5.41) is 3.21. The molecule has 138 valence electrons. The molecule has 2 aromatic carbocycles. The molecule has 0 unspecified atom stereocenters. The van der Waals surface area contributed by atoms with Gasteiger partial charge < -0.3 is 14.3 Å². The van der Waals surface area contributed by atoms with Gasteiger partial charge in [-0.25, -0.2) is 0 Å². The van der Waals surface area contributed by atoms with E-state index in [4.69, 9.17) is 16.0 Å². The van der Waals surface area contributed by atoms with Crippen LogP contribution in [0.15, 0.2) is 59.3 Å². The van der Waals surface area contributed by atoms with Crippen molar-refractivity contribution in [2.24, 2.45) is 0 Å². The number of nitrogens with zero attached hydrogens (tertiary/aromatic N) is 2. The Kier molecular flexibility index (Phi) is 4.30. The minimum Gasteiger partial charge on any atom is -0.464 e. The van der Waals surface area contributed by atoms with Gasteiger partial charge in [-0.3, -0.25) is 4.90 Å². The summed E-state index contributed by atoms with van der Waals surface area (Å²) in [5.41, 5.74) is 4.70. The minimum absolute atomic E-state index is 0.762. The summed E-state index contributed by atoms with van der Waals surface area (Å²) in [6.07, 6.45) is 4.89. The van der Waals surface area contributed by atoms with Crippen LogP contribution in [-0.2, 0) is 6.42 Å². The molecule has 1 fully saturated rings. The van der Waals surface area contributed by atoms with Gasteiger partial charge in [-0.2, -0.15) is 0 Å². The number of benzene rings is 2. The maximum Gasteiger partial charge on any atom is 0.134 e. The third-order valence-electron chi connectivity index (χ3n) is 5.60. The van der Waals surface area contributed by atoms with Gasteiger partial charge in [-0.15, -0.1) is 0 Å². The van der Waals surface area contributed by atoms with Gasteiger partial charge in [0.2, 0.25) is 0 Å². The Morgan fingerprint density at radius 3 is 2.78 bits per heavy atom. The number of furan rings is 1. The van der Waals surface area contributed by atoms with E-state index in [9.17, 15) is 0 Å². The highest BCUT2D eigenvalue weighted by atomic mass is 35.5. The van der Waals surface area contributed by atoms with E-state index in [2.05, 4.69) is 39.0 Å². The first-order valence-corrected chi connectivity index (χ1v) is 9.85. The van der Waals surface area contributed by atoms with Crippen LogP contribution in [-0.4, -0.2) is 42.6 Å². The van der Waals surface area contributed by atoms with Crippen LogP contribution in [0.25, 0.3) is 21.9 Å². The molecule has 1 aliphatic rings. The van der Waals surface area contributed by atoms with Crippen LogP contribution in [0.4, 0.5) is 5.69 Å². The summed E-state index contributed by atoms with van der Waals surface area (Å²) in [6.45, 7) is 5.32. The summed E-state index contributed by atoms with van der Waals surface area (Å²) in [5.74, 6) is 0. The number of hydrogen-bond acceptors (Lipinski definition) is 3. The summed E-state index contributed by atoms with van der Waals surface area (Å²) in [7, 11) is 0. The van der Waals surface area contributed by atoms with Gasteiger partial charge in [0.1, 0.15) is 5.58 Å². The molecule has 3 heterocycles. The second-order valence-electron chi connectivity index (χ2n) is 7.20. The largest absolute Gasteiger partial charge is 0.464 e. The summed E-state index contributed by atoms with van der Waals surface area (Å²) in [6, 6.07) is 14.5. The van der Waals surface area contributed by atoms with Crippen LogP contribution in [0, 0.1) is 0 Å². The fourth-order valence-corrected chi connectivity index (χ4v) is 4.26. The Hall–Kier alpha value is -2.43. The zero-order valence-electron chi connectivity index (χ0n) is 15.1. The lowest BCUT2D eigenvalue weighted by molar-refractivity contribution is 0.261. The Labute approximate surface area is 163 Å². The molecular weight excluding hydrogens is 358 g/mol. The second-order valence-corrected chi connectivity index (χ2v) is 7.63. The number of nitrogens with one attached hydrogen (secondary N) is 1. The van der Waals surface area contributed by atoms with Crippen molar-refractivity contribution in [3.05, 3.63) is 65.5 Å². The highest BCUT2D eigenvalue weighted by molar-refractivity contribution is 6.31. The maximum atomic E-state index is 6.14. The number of hydrogen-bond donors (Lipinski definition) is 1. The molecule has 5 heteroatoms. The zero-order chi connectivity index (χ0) is 18.2. The lowest BCUT2D eigenvalue weighted by Gasteiger charge is -2.36. The van der Waals surface area contributed by atoms with Crippen molar-refractivity contribution in [2.75, 3.05) is 37.6 Å². The molecule has 0 radical (unpaired) electrons. The maximum absolute atomic E-state index is 6.14. The number of rotatable bonds is 4. The van der Waals surface area contributed by atoms with Crippen LogP contribution < -0.4 is 4.90 Å². The number of halogens is 1. The molecular formula is C22H22ClN3O. The molecule has 0 atom stereocenters. The number of aromatic amines is 1. The monoisotopic (exact) mass is 379 g/mol.